The molecule has 0 bridgehead atoms. The topological polar surface area (TPSA) is 45.8 Å². The summed E-state index contributed by atoms with van der Waals surface area (Å²) in [6.07, 6.45) is 0.524. The first kappa shape index (κ1) is 13.0. The fraction of sp³-hybridized carbons (Fsp3) is 0.0667. The summed E-state index contributed by atoms with van der Waals surface area (Å²) in [7, 11) is 0. The van der Waals surface area contributed by atoms with Gasteiger partial charge in [-0.3, -0.25) is 4.79 Å². The van der Waals surface area contributed by atoms with Crippen LogP contribution in [0, 0.1) is 5.82 Å². The number of aromatic amines is 1. The summed E-state index contributed by atoms with van der Waals surface area (Å²) in [6.45, 7) is 0. The van der Waals surface area contributed by atoms with E-state index in [0.29, 0.717) is 16.3 Å². The summed E-state index contributed by atoms with van der Waals surface area (Å²) in [5, 5.41) is 8.03. The highest BCUT2D eigenvalue weighted by Crippen LogP contribution is 2.20. The third kappa shape index (κ3) is 2.36. The van der Waals surface area contributed by atoms with E-state index in [-0.39, 0.29) is 11.4 Å². The Hall–Kier alpha value is -2.01. The second-order valence-electron chi connectivity index (χ2n) is 4.47. The molecule has 2 aromatic carbocycles. The van der Waals surface area contributed by atoms with E-state index in [0.717, 1.165) is 16.6 Å². The molecule has 20 heavy (non-hydrogen) atoms. The first-order valence-corrected chi connectivity index (χ1v) is 6.84. The highest BCUT2D eigenvalue weighted by molar-refractivity contribution is 9.10. The molecule has 0 unspecified atom stereocenters. The molecule has 0 saturated heterocycles. The van der Waals surface area contributed by atoms with Crippen LogP contribution in [0.5, 0.6) is 0 Å². The van der Waals surface area contributed by atoms with Crippen LogP contribution >= 0.6 is 15.9 Å². The Morgan fingerprint density at radius 2 is 1.90 bits per heavy atom. The smallest absolute Gasteiger partial charge is 0.267 e. The maximum absolute atomic E-state index is 13.2. The number of hydrogen-bond donors (Lipinski definition) is 1. The average molecular weight is 333 g/mol. The zero-order valence-corrected chi connectivity index (χ0v) is 11.9. The van der Waals surface area contributed by atoms with Gasteiger partial charge in [-0.1, -0.05) is 24.3 Å². The molecule has 1 N–H and O–H groups in total. The van der Waals surface area contributed by atoms with Gasteiger partial charge >= 0.3 is 0 Å². The molecule has 0 fully saturated rings. The van der Waals surface area contributed by atoms with E-state index >= 15 is 0 Å². The Kier molecular flexibility index (Phi) is 3.36. The number of nitrogens with one attached hydrogen (secondary N) is 1. The quantitative estimate of drug-likeness (QED) is 0.781. The zero-order chi connectivity index (χ0) is 14.1. The van der Waals surface area contributed by atoms with E-state index in [2.05, 4.69) is 26.1 Å². The van der Waals surface area contributed by atoms with Crippen molar-refractivity contribution in [2.45, 2.75) is 6.42 Å². The van der Waals surface area contributed by atoms with Crippen LogP contribution in [0.15, 0.2) is 51.7 Å². The molecule has 1 aromatic heterocycles. The van der Waals surface area contributed by atoms with Gasteiger partial charge in [0.15, 0.2) is 0 Å². The molecule has 0 aliphatic rings. The van der Waals surface area contributed by atoms with E-state index in [1.54, 1.807) is 18.2 Å². The highest BCUT2D eigenvalue weighted by atomic mass is 79.9. The number of aromatic nitrogens is 2. The van der Waals surface area contributed by atoms with Crippen LogP contribution in [-0.2, 0) is 6.42 Å². The van der Waals surface area contributed by atoms with Crippen LogP contribution in [0.25, 0.3) is 10.8 Å². The lowest BCUT2D eigenvalue weighted by molar-refractivity contribution is 0.620. The lowest BCUT2D eigenvalue weighted by Gasteiger charge is -2.05. The molecule has 0 spiro atoms. The minimum absolute atomic E-state index is 0.204. The predicted octanol–water partition coefficient (Wildman–Crippen LogP) is 3.42. The summed E-state index contributed by atoms with van der Waals surface area (Å²) < 4.78 is 13.7. The monoisotopic (exact) mass is 332 g/mol. The van der Waals surface area contributed by atoms with Gasteiger partial charge in [0, 0.05) is 11.8 Å². The first-order valence-electron chi connectivity index (χ1n) is 6.05. The molecule has 0 atom stereocenters. The van der Waals surface area contributed by atoms with Crippen molar-refractivity contribution in [2.24, 2.45) is 0 Å². The van der Waals surface area contributed by atoms with Crippen molar-refractivity contribution in [3.05, 3.63) is 74.4 Å². The molecule has 0 saturated carbocycles. The first-order chi connectivity index (χ1) is 9.65. The molecule has 0 aliphatic carbocycles. The van der Waals surface area contributed by atoms with E-state index in [1.807, 2.05) is 18.2 Å². The normalized spacial score (nSPS) is 10.9. The third-order valence-electron chi connectivity index (χ3n) is 3.13. The van der Waals surface area contributed by atoms with E-state index in [1.165, 1.54) is 6.07 Å². The van der Waals surface area contributed by atoms with Crippen molar-refractivity contribution in [1.29, 1.82) is 0 Å². The summed E-state index contributed by atoms with van der Waals surface area (Å²) >= 11 is 3.17. The summed E-state index contributed by atoms with van der Waals surface area (Å²) in [5.74, 6) is -0.298. The number of halogens is 2. The van der Waals surface area contributed by atoms with E-state index < -0.39 is 0 Å². The van der Waals surface area contributed by atoms with Crippen LogP contribution in [0.1, 0.15) is 11.3 Å². The predicted molar refractivity (Wildman–Crippen MR) is 79.3 cm³/mol. The number of hydrogen-bond acceptors (Lipinski definition) is 2. The zero-order valence-electron chi connectivity index (χ0n) is 10.4. The van der Waals surface area contributed by atoms with Gasteiger partial charge in [-0.05, 0) is 39.7 Å². The minimum atomic E-state index is -0.298. The van der Waals surface area contributed by atoms with Gasteiger partial charge in [-0.2, -0.15) is 5.10 Å². The lowest BCUT2D eigenvalue weighted by atomic mass is 10.0. The summed E-state index contributed by atoms with van der Waals surface area (Å²) in [6, 6.07) is 12.2. The Bertz CT molecular complexity index is 845. The molecule has 0 radical (unpaired) electrons. The molecule has 3 nitrogen and oxygen atoms in total. The summed E-state index contributed by atoms with van der Waals surface area (Å²) in [4.78, 5) is 11.7. The second kappa shape index (κ2) is 5.17. The van der Waals surface area contributed by atoms with Crippen molar-refractivity contribution >= 4 is 26.7 Å². The second-order valence-corrected chi connectivity index (χ2v) is 5.32. The minimum Gasteiger partial charge on any atom is -0.267 e. The number of benzene rings is 2. The average Bonchev–Trinajstić information content (AvgIpc) is 2.46. The molecule has 0 aliphatic heterocycles. The maximum atomic E-state index is 13.2. The van der Waals surface area contributed by atoms with Crippen molar-refractivity contribution in [3.63, 3.8) is 0 Å². The number of nitrogens with zero attached hydrogens (tertiary/aromatic N) is 1. The number of rotatable bonds is 2. The molecule has 100 valence electrons. The molecule has 1 heterocycles. The van der Waals surface area contributed by atoms with Crippen LogP contribution in [0.4, 0.5) is 4.39 Å². The van der Waals surface area contributed by atoms with Crippen molar-refractivity contribution in [1.82, 2.24) is 10.2 Å². The molecule has 3 aromatic rings. The largest absolute Gasteiger partial charge is 0.272 e. The van der Waals surface area contributed by atoms with Crippen LogP contribution in [0.3, 0.4) is 0 Å². The molecular formula is C15H10BrFN2O. The van der Waals surface area contributed by atoms with Crippen molar-refractivity contribution < 1.29 is 4.39 Å². The molecule has 3 rings (SSSR count). The Balaban J connectivity index is 2.09. The van der Waals surface area contributed by atoms with Crippen molar-refractivity contribution in [2.75, 3.05) is 0 Å². The third-order valence-corrected chi connectivity index (χ3v) is 3.74. The van der Waals surface area contributed by atoms with E-state index in [9.17, 15) is 9.18 Å². The van der Waals surface area contributed by atoms with Crippen LogP contribution < -0.4 is 5.56 Å². The fourth-order valence-electron chi connectivity index (χ4n) is 2.15. The van der Waals surface area contributed by atoms with Gasteiger partial charge in [-0.25, -0.2) is 9.49 Å². The number of fused-ring (bicyclic) bond motifs is 1. The molecule has 5 heteroatoms. The van der Waals surface area contributed by atoms with Crippen molar-refractivity contribution in [3.8, 4) is 0 Å². The fourth-order valence-corrected chi connectivity index (χ4v) is 2.58. The molecule has 0 amide bonds. The Labute approximate surface area is 122 Å². The Morgan fingerprint density at radius 1 is 1.15 bits per heavy atom. The van der Waals surface area contributed by atoms with Crippen LogP contribution in [0.2, 0.25) is 0 Å². The van der Waals surface area contributed by atoms with Gasteiger partial charge in [0.25, 0.3) is 5.56 Å². The van der Waals surface area contributed by atoms with E-state index in [4.69, 9.17) is 0 Å². The van der Waals surface area contributed by atoms with Gasteiger partial charge in [-0.15, -0.1) is 0 Å². The Morgan fingerprint density at radius 3 is 2.65 bits per heavy atom. The van der Waals surface area contributed by atoms with Crippen LogP contribution in [-0.4, -0.2) is 10.2 Å². The standard InChI is InChI=1S/C15H10BrFN2O/c16-12-7-9(5-6-13(12)17)8-14-10-3-1-2-4-11(10)15(20)19-18-14/h1-7H,8H2,(H,19,20). The molecular weight excluding hydrogens is 323 g/mol. The van der Waals surface area contributed by atoms with Gasteiger partial charge in [0.2, 0.25) is 0 Å². The van der Waals surface area contributed by atoms with Gasteiger partial charge < -0.3 is 0 Å². The lowest BCUT2D eigenvalue weighted by Crippen LogP contribution is -2.11. The summed E-state index contributed by atoms with van der Waals surface area (Å²) in [5.41, 5.74) is 1.48. The van der Waals surface area contributed by atoms with Gasteiger partial charge in [0.1, 0.15) is 5.82 Å². The SMILES string of the molecule is O=c1[nH]nc(Cc2ccc(F)c(Br)c2)c2ccccc12. The maximum Gasteiger partial charge on any atom is 0.272 e. The number of H-pyrrole nitrogens is 1. The van der Waals surface area contributed by atoms with Gasteiger partial charge in [0.05, 0.1) is 15.6 Å². The highest BCUT2D eigenvalue weighted by Gasteiger charge is 2.08.